The van der Waals surface area contributed by atoms with Gasteiger partial charge >= 0.3 is 0 Å². The molecule has 7 nitrogen and oxygen atoms in total. The maximum atomic E-state index is 5.06. The Labute approximate surface area is 321 Å². The lowest BCUT2D eigenvalue weighted by Crippen LogP contribution is -2.06. The standard InChI is InChI=1S/C49H31N7/c1-4-14-32(15-5-1)47-52-48(33-16-6-2-7-17-33)54-49(53-47)56-43-23-13-11-21-39(43)41-29-35(25-27-45(41)56)46-50-30-36(31-51-46)34-24-26-44-40(28-34)38-20-10-12-22-42(38)55(44)37-18-8-3-9-19-37/h1-31H. The molecule has 0 aliphatic rings. The first-order chi connectivity index (χ1) is 27.8. The van der Waals surface area contributed by atoms with Crippen LogP contribution in [0.5, 0.6) is 0 Å². The molecule has 4 heterocycles. The summed E-state index contributed by atoms with van der Waals surface area (Å²) < 4.78 is 4.45. The average molecular weight is 718 g/mol. The van der Waals surface area contributed by atoms with Crippen LogP contribution in [0.4, 0.5) is 0 Å². The smallest absolute Gasteiger partial charge is 0.238 e. The lowest BCUT2D eigenvalue weighted by atomic mass is 10.0. The van der Waals surface area contributed by atoms with Crippen molar-refractivity contribution in [2.45, 2.75) is 0 Å². The highest BCUT2D eigenvalue weighted by Gasteiger charge is 2.19. The molecule has 0 saturated carbocycles. The Hall–Kier alpha value is -7.77. The molecular formula is C49H31N7. The minimum Gasteiger partial charge on any atom is -0.309 e. The summed E-state index contributed by atoms with van der Waals surface area (Å²) in [5.74, 6) is 2.45. The molecule has 0 saturated heterocycles. The predicted molar refractivity (Wildman–Crippen MR) is 226 cm³/mol. The molecule has 7 heteroatoms. The van der Waals surface area contributed by atoms with E-state index in [1.54, 1.807) is 0 Å². The van der Waals surface area contributed by atoms with E-state index >= 15 is 0 Å². The number of para-hydroxylation sites is 3. The Kier molecular flexibility index (Phi) is 7.35. The summed E-state index contributed by atoms with van der Waals surface area (Å²) in [6.07, 6.45) is 3.85. The minimum absolute atomic E-state index is 0.557. The van der Waals surface area contributed by atoms with Crippen LogP contribution in [0.2, 0.25) is 0 Å². The van der Waals surface area contributed by atoms with Crippen LogP contribution >= 0.6 is 0 Å². The predicted octanol–water partition coefficient (Wildman–Crippen LogP) is 11.5. The Morgan fingerprint density at radius 1 is 0.304 bits per heavy atom. The van der Waals surface area contributed by atoms with Crippen molar-refractivity contribution >= 4 is 43.6 Å². The monoisotopic (exact) mass is 717 g/mol. The summed E-state index contributed by atoms with van der Waals surface area (Å²) in [5, 5.41) is 4.56. The van der Waals surface area contributed by atoms with Crippen molar-refractivity contribution in [3.05, 3.63) is 188 Å². The van der Waals surface area contributed by atoms with E-state index in [1.807, 2.05) is 73.1 Å². The number of fused-ring (bicyclic) bond motifs is 6. The molecule has 0 aliphatic heterocycles. The number of rotatable bonds is 6. The van der Waals surface area contributed by atoms with Crippen LogP contribution in [0.15, 0.2) is 188 Å². The average Bonchev–Trinajstić information content (AvgIpc) is 3.79. The molecule has 0 atom stereocenters. The molecule has 0 radical (unpaired) electrons. The zero-order valence-electron chi connectivity index (χ0n) is 30.0. The SMILES string of the molecule is c1ccc(-c2nc(-c3ccccc3)nc(-n3c4ccccc4c4cc(-c5ncc(-c6ccc7c(c6)c6ccccc6n7-c6ccccc6)cn5)ccc43)n2)cc1. The van der Waals surface area contributed by atoms with E-state index in [2.05, 4.69) is 124 Å². The quantitative estimate of drug-likeness (QED) is 0.171. The molecule has 0 unspecified atom stereocenters. The third-order valence-electron chi connectivity index (χ3n) is 10.5. The molecule has 0 spiro atoms. The number of aromatic nitrogens is 7. The summed E-state index contributed by atoms with van der Waals surface area (Å²) in [6.45, 7) is 0. The minimum atomic E-state index is 0.557. The summed E-state index contributed by atoms with van der Waals surface area (Å²) >= 11 is 0. The van der Waals surface area contributed by atoms with Gasteiger partial charge in [0.1, 0.15) is 0 Å². The molecule has 0 bridgehead atoms. The van der Waals surface area contributed by atoms with Gasteiger partial charge in [0, 0.05) is 61.9 Å². The zero-order chi connectivity index (χ0) is 37.0. The lowest BCUT2D eigenvalue weighted by molar-refractivity contribution is 0.953. The Balaban J connectivity index is 1.000. The first-order valence-electron chi connectivity index (χ1n) is 18.6. The highest BCUT2D eigenvalue weighted by atomic mass is 15.2. The first-order valence-corrected chi connectivity index (χ1v) is 18.6. The third-order valence-corrected chi connectivity index (χ3v) is 10.5. The van der Waals surface area contributed by atoms with Crippen molar-refractivity contribution in [1.29, 1.82) is 0 Å². The molecule has 262 valence electrons. The third kappa shape index (κ3) is 5.25. The second-order valence-corrected chi connectivity index (χ2v) is 13.8. The van der Waals surface area contributed by atoms with Gasteiger partial charge in [0.25, 0.3) is 0 Å². The van der Waals surface area contributed by atoms with Crippen LogP contribution in [0.1, 0.15) is 0 Å². The fraction of sp³-hybridized carbons (Fsp3) is 0. The second kappa shape index (κ2) is 13.0. The van der Waals surface area contributed by atoms with E-state index in [4.69, 9.17) is 24.9 Å². The van der Waals surface area contributed by atoms with Crippen LogP contribution in [0, 0.1) is 0 Å². The van der Waals surface area contributed by atoms with E-state index in [0.717, 1.165) is 60.8 Å². The van der Waals surface area contributed by atoms with Crippen LogP contribution in [0.25, 0.3) is 101 Å². The van der Waals surface area contributed by atoms with Crippen molar-refractivity contribution in [2.75, 3.05) is 0 Å². The van der Waals surface area contributed by atoms with Crippen molar-refractivity contribution in [3.63, 3.8) is 0 Å². The van der Waals surface area contributed by atoms with Crippen molar-refractivity contribution < 1.29 is 0 Å². The summed E-state index contributed by atoms with van der Waals surface area (Å²) in [5.41, 5.74) is 10.3. The van der Waals surface area contributed by atoms with E-state index in [9.17, 15) is 0 Å². The highest BCUT2D eigenvalue weighted by molar-refractivity contribution is 6.11. The van der Waals surface area contributed by atoms with Gasteiger partial charge in [0.2, 0.25) is 5.95 Å². The molecule has 11 rings (SSSR count). The molecule has 0 fully saturated rings. The maximum absolute atomic E-state index is 5.06. The van der Waals surface area contributed by atoms with Crippen molar-refractivity contribution in [2.24, 2.45) is 0 Å². The van der Waals surface area contributed by atoms with Crippen molar-refractivity contribution in [1.82, 2.24) is 34.1 Å². The Bertz CT molecular complexity index is 3170. The van der Waals surface area contributed by atoms with E-state index in [-0.39, 0.29) is 0 Å². The largest absolute Gasteiger partial charge is 0.309 e. The fourth-order valence-corrected chi connectivity index (χ4v) is 7.86. The lowest BCUT2D eigenvalue weighted by Gasteiger charge is -2.11. The van der Waals surface area contributed by atoms with Crippen LogP contribution in [-0.2, 0) is 0 Å². The maximum Gasteiger partial charge on any atom is 0.238 e. The van der Waals surface area contributed by atoms with Gasteiger partial charge in [-0.2, -0.15) is 9.97 Å². The second-order valence-electron chi connectivity index (χ2n) is 13.8. The molecule has 0 N–H and O–H groups in total. The summed E-state index contributed by atoms with van der Waals surface area (Å²) in [4.78, 5) is 24.8. The molecule has 0 aliphatic carbocycles. The van der Waals surface area contributed by atoms with Crippen LogP contribution in [-0.4, -0.2) is 34.1 Å². The van der Waals surface area contributed by atoms with Gasteiger partial charge in [-0.25, -0.2) is 15.0 Å². The summed E-state index contributed by atoms with van der Waals surface area (Å²) in [6, 6.07) is 60.6. The fourth-order valence-electron chi connectivity index (χ4n) is 7.86. The normalized spacial score (nSPS) is 11.6. The molecule has 7 aromatic carbocycles. The number of nitrogens with zero attached hydrogens (tertiary/aromatic N) is 7. The topological polar surface area (TPSA) is 74.3 Å². The number of hydrogen-bond acceptors (Lipinski definition) is 5. The van der Waals surface area contributed by atoms with Gasteiger partial charge < -0.3 is 4.57 Å². The number of benzene rings is 7. The van der Waals surface area contributed by atoms with E-state index < -0.39 is 0 Å². The van der Waals surface area contributed by atoms with Gasteiger partial charge in [-0.1, -0.05) is 121 Å². The Morgan fingerprint density at radius 3 is 1.38 bits per heavy atom. The van der Waals surface area contributed by atoms with E-state index in [1.165, 1.54) is 16.3 Å². The van der Waals surface area contributed by atoms with Gasteiger partial charge in [-0.05, 0) is 60.2 Å². The molecule has 11 aromatic rings. The number of hydrogen-bond donors (Lipinski definition) is 0. The van der Waals surface area contributed by atoms with Crippen molar-refractivity contribution in [3.8, 4) is 56.9 Å². The van der Waals surface area contributed by atoms with E-state index in [0.29, 0.717) is 23.4 Å². The van der Waals surface area contributed by atoms with Gasteiger partial charge in [-0.3, -0.25) is 4.57 Å². The van der Waals surface area contributed by atoms with Gasteiger partial charge in [-0.15, -0.1) is 0 Å². The Morgan fingerprint density at radius 2 is 0.768 bits per heavy atom. The molecule has 0 amide bonds. The molecule has 4 aromatic heterocycles. The van der Waals surface area contributed by atoms with Gasteiger partial charge in [0.15, 0.2) is 17.5 Å². The highest BCUT2D eigenvalue weighted by Crippen LogP contribution is 2.37. The zero-order valence-corrected chi connectivity index (χ0v) is 30.0. The van der Waals surface area contributed by atoms with Crippen LogP contribution in [0.3, 0.4) is 0 Å². The molecular weight excluding hydrogens is 687 g/mol. The first kappa shape index (κ1) is 31.7. The van der Waals surface area contributed by atoms with Gasteiger partial charge in [0.05, 0.1) is 22.1 Å². The summed E-state index contributed by atoms with van der Waals surface area (Å²) in [7, 11) is 0. The molecule has 56 heavy (non-hydrogen) atoms. The van der Waals surface area contributed by atoms with Crippen LogP contribution < -0.4 is 0 Å².